The standard InChI is InChI=1S/C46H86NO8P/c1-6-8-10-12-14-16-18-20-22-23-25-27-29-31-33-35-37-39-46(49)55-44(43-54-56(50,51)53-41-40-47(3,4)5)42-52-45(48)38-36-34-32-30-28-26-24-21-19-17-15-13-11-9-7-2/h20,22,25,27,31,33,44H,6-19,21,23-24,26,28-30,32,34-43H2,1-5H3/b22-20+,27-25+,33-31+/t44-/m1/s1. The minimum absolute atomic E-state index is 0.0390. The van der Waals surface area contributed by atoms with Crippen molar-refractivity contribution in [1.82, 2.24) is 0 Å². The van der Waals surface area contributed by atoms with E-state index in [1.165, 1.54) is 116 Å². The van der Waals surface area contributed by atoms with E-state index in [4.69, 9.17) is 18.5 Å². The smallest absolute Gasteiger partial charge is 0.306 e. The minimum Gasteiger partial charge on any atom is -0.756 e. The third kappa shape index (κ3) is 41.9. The molecule has 0 aromatic rings. The van der Waals surface area contributed by atoms with Crippen LogP contribution in [0, 0.1) is 0 Å². The molecule has 10 heteroatoms. The van der Waals surface area contributed by atoms with Gasteiger partial charge in [-0.2, -0.15) is 0 Å². The Morgan fingerprint density at radius 2 is 0.982 bits per heavy atom. The highest BCUT2D eigenvalue weighted by Crippen LogP contribution is 2.38. The molecule has 2 atom stereocenters. The lowest BCUT2D eigenvalue weighted by Crippen LogP contribution is -2.37. The van der Waals surface area contributed by atoms with Gasteiger partial charge < -0.3 is 27.9 Å². The molecule has 0 aliphatic rings. The van der Waals surface area contributed by atoms with Crippen LogP contribution in [0.1, 0.15) is 194 Å². The van der Waals surface area contributed by atoms with Gasteiger partial charge in [-0.1, -0.05) is 172 Å². The highest BCUT2D eigenvalue weighted by molar-refractivity contribution is 7.45. The maximum absolute atomic E-state index is 12.7. The molecular weight excluding hydrogens is 725 g/mol. The van der Waals surface area contributed by atoms with Crippen molar-refractivity contribution < 1.29 is 42.1 Å². The van der Waals surface area contributed by atoms with Crippen molar-refractivity contribution in [2.75, 3.05) is 47.5 Å². The van der Waals surface area contributed by atoms with E-state index in [2.05, 4.69) is 44.2 Å². The van der Waals surface area contributed by atoms with E-state index in [0.717, 1.165) is 38.5 Å². The summed E-state index contributed by atoms with van der Waals surface area (Å²) in [6.07, 6.45) is 43.2. The molecule has 0 heterocycles. The van der Waals surface area contributed by atoms with Gasteiger partial charge in [0.05, 0.1) is 27.7 Å². The van der Waals surface area contributed by atoms with E-state index >= 15 is 0 Å². The van der Waals surface area contributed by atoms with Crippen LogP contribution in [0.5, 0.6) is 0 Å². The topological polar surface area (TPSA) is 111 Å². The summed E-state index contributed by atoms with van der Waals surface area (Å²) in [5.74, 6) is -0.890. The molecule has 0 aromatic carbocycles. The molecule has 0 rings (SSSR count). The van der Waals surface area contributed by atoms with Crippen LogP contribution in [0.2, 0.25) is 0 Å². The highest BCUT2D eigenvalue weighted by atomic mass is 31.2. The molecule has 56 heavy (non-hydrogen) atoms. The van der Waals surface area contributed by atoms with Gasteiger partial charge in [-0.3, -0.25) is 14.2 Å². The Bertz CT molecular complexity index is 1050. The van der Waals surface area contributed by atoms with Gasteiger partial charge in [0.1, 0.15) is 19.8 Å². The molecule has 0 saturated heterocycles. The van der Waals surface area contributed by atoms with Gasteiger partial charge in [-0.25, -0.2) is 0 Å². The van der Waals surface area contributed by atoms with Crippen molar-refractivity contribution in [2.45, 2.75) is 200 Å². The largest absolute Gasteiger partial charge is 0.756 e. The van der Waals surface area contributed by atoms with E-state index in [0.29, 0.717) is 23.9 Å². The molecule has 0 aliphatic carbocycles. The molecule has 328 valence electrons. The first-order valence-corrected chi connectivity index (χ1v) is 24.2. The fraction of sp³-hybridized carbons (Fsp3) is 0.826. The predicted octanol–water partition coefficient (Wildman–Crippen LogP) is 12.3. The van der Waals surface area contributed by atoms with Crippen LogP contribution in [-0.4, -0.2) is 70.0 Å². The number of quaternary nitrogens is 1. The molecule has 1 unspecified atom stereocenters. The van der Waals surface area contributed by atoms with Gasteiger partial charge in [0.2, 0.25) is 0 Å². The Morgan fingerprint density at radius 1 is 0.554 bits per heavy atom. The number of nitrogens with zero attached hydrogens (tertiary/aromatic N) is 1. The highest BCUT2D eigenvalue weighted by Gasteiger charge is 2.21. The third-order valence-corrected chi connectivity index (χ3v) is 10.6. The molecule has 9 nitrogen and oxygen atoms in total. The average molecular weight is 812 g/mol. The molecule has 0 aromatic heterocycles. The second-order valence-electron chi connectivity index (χ2n) is 16.4. The number of esters is 2. The number of ether oxygens (including phenoxy) is 2. The lowest BCUT2D eigenvalue weighted by molar-refractivity contribution is -0.870. The van der Waals surface area contributed by atoms with Crippen LogP contribution < -0.4 is 4.89 Å². The number of phosphoric acid groups is 1. The SMILES string of the molecule is CCCCCCCC/C=C/C/C=C/C/C=C/CCCC(=O)O[C@H](COC(=O)CCCCCCCCCCCCCCCCC)COP(=O)([O-])OCC[N+](C)(C)C. The van der Waals surface area contributed by atoms with E-state index in [1.807, 2.05) is 27.2 Å². The molecule has 0 spiro atoms. The normalized spacial score (nSPS) is 13.9. The molecule has 0 aliphatic heterocycles. The van der Waals surface area contributed by atoms with Crippen molar-refractivity contribution in [3.05, 3.63) is 36.5 Å². The van der Waals surface area contributed by atoms with Crippen LogP contribution in [0.25, 0.3) is 0 Å². The van der Waals surface area contributed by atoms with Crippen LogP contribution in [0.3, 0.4) is 0 Å². The first-order valence-electron chi connectivity index (χ1n) is 22.7. The monoisotopic (exact) mass is 812 g/mol. The summed E-state index contributed by atoms with van der Waals surface area (Å²) < 4.78 is 33.8. The summed E-state index contributed by atoms with van der Waals surface area (Å²) in [6, 6.07) is 0. The Labute approximate surface area is 344 Å². The fourth-order valence-corrected chi connectivity index (χ4v) is 6.81. The summed E-state index contributed by atoms with van der Waals surface area (Å²) in [5, 5.41) is 0. The number of likely N-dealkylation sites (N-methyl/N-ethyl adjacent to an activating group) is 1. The summed E-state index contributed by atoms with van der Waals surface area (Å²) in [5.41, 5.74) is 0. The number of hydrogen-bond acceptors (Lipinski definition) is 8. The van der Waals surface area contributed by atoms with Gasteiger partial charge >= 0.3 is 11.9 Å². The van der Waals surface area contributed by atoms with Crippen LogP contribution >= 0.6 is 7.82 Å². The zero-order chi connectivity index (χ0) is 41.4. The van der Waals surface area contributed by atoms with E-state index in [1.54, 1.807) is 0 Å². The van der Waals surface area contributed by atoms with Gasteiger partial charge in [-0.15, -0.1) is 0 Å². The molecule has 0 bridgehead atoms. The van der Waals surface area contributed by atoms with E-state index in [9.17, 15) is 19.0 Å². The Kier molecular flexibility index (Phi) is 37.5. The van der Waals surface area contributed by atoms with E-state index in [-0.39, 0.29) is 26.1 Å². The molecule has 0 N–H and O–H groups in total. The van der Waals surface area contributed by atoms with Gasteiger partial charge in [0.15, 0.2) is 6.10 Å². The number of rotatable bonds is 41. The van der Waals surface area contributed by atoms with Crippen molar-refractivity contribution in [2.24, 2.45) is 0 Å². The maximum Gasteiger partial charge on any atom is 0.306 e. The summed E-state index contributed by atoms with van der Waals surface area (Å²) in [4.78, 5) is 37.5. The summed E-state index contributed by atoms with van der Waals surface area (Å²) in [6.45, 7) is 4.17. The quantitative estimate of drug-likeness (QED) is 0.0197. The first-order chi connectivity index (χ1) is 27.0. The van der Waals surface area contributed by atoms with Crippen molar-refractivity contribution >= 4 is 19.8 Å². The zero-order valence-electron chi connectivity index (χ0n) is 36.8. The molecule has 0 amide bonds. The van der Waals surface area contributed by atoms with Crippen LogP contribution in [0.15, 0.2) is 36.5 Å². The lowest BCUT2D eigenvalue weighted by atomic mass is 10.0. The second kappa shape index (κ2) is 38.7. The van der Waals surface area contributed by atoms with Gasteiger partial charge in [0.25, 0.3) is 7.82 Å². The number of hydrogen-bond donors (Lipinski definition) is 0. The summed E-state index contributed by atoms with van der Waals surface area (Å²) >= 11 is 0. The number of allylic oxidation sites excluding steroid dienone is 6. The second-order valence-corrected chi connectivity index (χ2v) is 17.8. The Balaban J connectivity index is 4.42. The third-order valence-electron chi connectivity index (χ3n) is 9.66. The number of carbonyl (C=O) groups is 2. The number of carbonyl (C=O) groups excluding carboxylic acids is 2. The average Bonchev–Trinajstić information content (AvgIpc) is 3.15. The Hall–Kier alpha value is -1.77. The number of unbranched alkanes of at least 4 members (excludes halogenated alkanes) is 21. The predicted molar refractivity (Wildman–Crippen MR) is 231 cm³/mol. The van der Waals surface area contributed by atoms with Gasteiger partial charge in [0, 0.05) is 12.8 Å². The molecule has 0 saturated carbocycles. The van der Waals surface area contributed by atoms with Gasteiger partial charge in [-0.05, 0) is 44.9 Å². The maximum atomic E-state index is 12.7. The molecular formula is C46H86NO8P. The summed E-state index contributed by atoms with van der Waals surface area (Å²) in [7, 11) is 1.14. The zero-order valence-corrected chi connectivity index (χ0v) is 37.7. The van der Waals surface area contributed by atoms with Crippen LogP contribution in [-0.2, 0) is 32.7 Å². The van der Waals surface area contributed by atoms with Crippen LogP contribution in [0.4, 0.5) is 0 Å². The lowest BCUT2D eigenvalue weighted by Gasteiger charge is -2.28. The minimum atomic E-state index is -4.64. The molecule has 0 radical (unpaired) electrons. The van der Waals surface area contributed by atoms with Crippen molar-refractivity contribution in [1.29, 1.82) is 0 Å². The van der Waals surface area contributed by atoms with Crippen molar-refractivity contribution in [3.8, 4) is 0 Å². The first kappa shape index (κ1) is 54.2. The van der Waals surface area contributed by atoms with Crippen molar-refractivity contribution in [3.63, 3.8) is 0 Å². The van der Waals surface area contributed by atoms with E-state index < -0.39 is 32.5 Å². The molecule has 0 fully saturated rings. The number of phosphoric ester groups is 1. The fourth-order valence-electron chi connectivity index (χ4n) is 6.08. The Morgan fingerprint density at radius 3 is 1.48 bits per heavy atom.